The molecular formula is C23H27F3O3. The van der Waals surface area contributed by atoms with Gasteiger partial charge in [-0.2, -0.15) is 13.2 Å². The molecule has 158 valence electrons. The van der Waals surface area contributed by atoms with Gasteiger partial charge in [-0.3, -0.25) is 0 Å². The number of benzene rings is 2. The minimum Gasteiger partial charge on any atom is -0.490 e. The van der Waals surface area contributed by atoms with Crippen LogP contribution in [0.3, 0.4) is 0 Å². The van der Waals surface area contributed by atoms with E-state index in [-0.39, 0.29) is 25.2 Å². The molecule has 29 heavy (non-hydrogen) atoms. The van der Waals surface area contributed by atoms with E-state index in [9.17, 15) is 18.3 Å². The average molecular weight is 408 g/mol. The molecule has 0 unspecified atom stereocenters. The Morgan fingerprint density at radius 2 is 1.79 bits per heavy atom. The van der Waals surface area contributed by atoms with Gasteiger partial charge in [-0.1, -0.05) is 25.0 Å². The van der Waals surface area contributed by atoms with Crippen molar-refractivity contribution in [1.82, 2.24) is 0 Å². The van der Waals surface area contributed by atoms with Crippen LogP contribution in [0.1, 0.15) is 67.7 Å². The summed E-state index contributed by atoms with van der Waals surface area (Å²) in [7, 11) is 0. The third-order valence-corrected chi connectivity index (χ3v) is 5.20. The summed E-state index contributed by atoms with van der Waals surface area (Å²) in [6.07, 6.45) is -0.860. The van der Waals surface area contributed by atoms with E-state index in [2.05, 4.69) is 0 Å². The summed E-state index contributed by atoms with van der Waals surface area (Å²) < 4.78 is 52.3. The van der Waals surface area contributed by atoms with Gasteiger partial charge in [0.15, 0.2) is 0 Å². The predicted octanol–water partition coefficient (Wildman–Crippen LogP) is 6.22. The Labute approximate surface area is 169 Å². The van der Waals surface area contributed by atoms with Gasteiger partial charge in [-0.15, -0.1) is 0 Å². The summed E-state index contributed by atoms with van der Waals surface area (Å²) in [5.74, 6) is 0.974. The molecule has 0 radical (unpaired) electrons. The highest BCUT2D eigenvalue weighted by molar-refractivity contribution is 5.41. The Morgan fingerprint density at radius 1 is 1.07 bits per heavy atom. The smallest absolute Gasteiger partial charge is 0.416 e. The van der Waals surface area contributed by atoms with Gasteiger partial charge < -0.3 is 14.6 Å². The van der Waals surface area contributed by atoms with E-state index in [0.29, 0.717) is 28.2 Å². The molecule has 0 atom stereocenters. The molecule has 0 bridgehead atoms. The van der Waals surface area contributed by atoms with Gasteiger partial charge in [0.1, 0.15) is 18.1 Å². The molecule has 0 amide bonds. The number of halogens is 3. The number of hydrogen-bond acceptors (Lipinski definition) is 3. The van der Waals surface area contributed by atoms with Crippen molar-refractivity contribution in [3.8, 4) is 11.5 Å². The number of aliphatic hydroxyl groups excluding tert-OH is 1. The minimum absolute atomic E-state index is 0.0108. The van der Waals surface area contributed by atoms with Crippen LogP contribution in [0.25, 0.3) is 0 Å². The van der Waals surface area contributed by atoms with E-state index in [1.54, 1.807) is 30.3 Å². The summed E-state index contributed by atoms with van der Waals surface area (Å²) in [6, 6.07) is 9.56. The van der Waals surface area contributed by atoms with Crippen molar-refractivity contribution >= 4 is 0 Å². The Kier molecular flexibility index (Phi) is 6.73. The lowest BCUT2D eigenvalue weighted by atomic mass is 9.91. The maximum absolute atomic E-state index is 13.6. The van der Waals surface area contributed by atoms with E-state index >= 15 is 0 Å². The van der Waals surface area contributed by atoms with Gasteiger partial charge >= 0.3 is 6.18 Å². The lowest BCUT2D eigenvalue weighted by Crippen LogP contribution is -2.12. The van der Waals surface area contributed by atoms with Gasteiger partial charge in [0, 0.05) is 11.6 Å². The van der Waals surface area contributed by atoms with Crippen molar-refractivity contribution in [1.29, 1.82) is 0 Å². The highest BCUT2D eigenvalue weighted by atomic mass is 19.4. The molecule has 2 aromatic rings. The Hall–Kier alpha value is -2.21. The molecule has 1 aliphatic carbocycles. The number of alkyl halides is 3. The van der Waals surface area contributed by atoms with Crippen LogP contribution in [-0.2, 0) is 19.4 Å². The summed E-state index contributed by atoms with van der Waals surface area (Å²) in [5, 5.41) is 9.43. The Bertz CT molecular complexity index is 825. The molecular weight excluding hydrogens is 381 g/mol. The third kappa shape index (κ3) is 5.44. The second kappa shape index (κ2) is 9.08. The van der Waals surface area contributed by atoms with Crippen LogP contribution in [0.15, 0.2) is 36.4 Å². The lowest BCUT2D eigenvalue weighted by molar-refractivity contribution is -0.138. The van der Waals surface area contributed by atoms with Crippen molar-refractivity contribution in [3.05, 3.63) is 58.7 Å². The zero-order valence-corrected chi connectivity index (χ0v) is 16.8. The first-order valence-corrected chi connectivity index (χ1v) is 10.0. The molecule has 0 heterocycles. The predicted molar refractivity (Wildman–Crippen MR) is 105 cm³/mol. The Balaban J connectivity index is 1.78. The SMILES string of the molecule is CC(C)Oc1cc(OCc2ccc(C3CCCC3)c(C(F)(F)F)c2)ccc1CO. The molecule has 0 spiro atoms. The van der Waals surface area contributed by atoms with Crippen LogP contribution in [-0.4, -0.2) is 11.2 Å². The lowest BCUT2D eigenvalue weighted by Gasteiger charge is -2.19. The van der Waals surface area contributed by atoms with Crippen LogP contribution in [0, 0.1) is 0 Å². The van der Waals surface area contributed by atoms with Crippen molar-refractivity contribution in [3.63, 3.8) is 0 Å². The van der Waals surface area contributed by atoms with Crippen molar-refractivity contribution in [2.45, 2.75) is 70.9 Å². The largest absolute Gasteiger partial charge is 0.490 e. The summed E-state index contributed by atoms with van der Waals surface area (Å²) in [4.78, 5) is 0. The molecule has 3 nitrogen and oxygen atoms in total. The fraction of sp³-hybridized carbons (Fsp3) is 0.478. The van der Waals surface area contributed by atoms with E-state index in [1.807, 2.05) is 13.8 Å². The molecule has 1 fully saturated rings. The quantitative estimate of drug-likeness (QED) is 0.591. The maximum atomic E-state index is 13.6. The average Bonchev–Trinajstić information content (AvgIpc) is 3.20. The standard InChI is InChI=1S/C23H27F3O3/c1-15(2)29-22-12-19(9-8-18(22)13-27)28-14-16-7-10-20(17-5-3-4-6-17)21(11-16)23(24,25)26/h7-12,15,17,27H,3-6,13-14H2,1-2H3. The normalized spacial score (nSPS) is 15.1. The first kappa shape index (κ1) is 21.5. The second-order valence-electron chi connectivity index (χ2n) is 7.78. The molecule has 1 N–H and O–H groups in total. The highest BCUT2D eigenvalue weighted by Crippen LogP contribution is 2.42. The van der Waals surface area contributed by atoms with E-state index in [0.717, 1.165) is 25.7 Å². The molecule has 1 aliphatic rings. The van der Waals surface area contributed by atoms with Gasteiger partial charge in [0.2, 0.25) is 0 Å². The summed E-state index contributed by atoms with van der Waals surface area (Å²) >= 11 is 0. The molecule has 1 saturated carbocycles. The van der Waals surface area contributed by atoms with Crippen molar-refractivity contribution < 1.29 is 27.8 Å². The van der Waals surface area contributed by atoms with E-state index in [4.69, 9.17) is 9.47 Å². The third-order valence-electron chi connectivity index (χ3n) is 5.20. The number of ether oxygens (including phenoxy) is 2. The van der Waals surface area contributed by atoms with Gasteiger partial charge in [-0.25, -0.2) is 0 Å². The fourth-order valence-electron chi connectivity index (χ4n) is 3.82. The summed E-state index contributed by atoms with van der Waals surface area (Å²) in [6.45, 7) is 3.60. The highest BCUT2D eigenvalue weighted by Gasteiger charge is 2.36. The van der Waals surface area contributed by atoms with Crippen LogP contribution < -0.4 is 9.47 Å². The van der Waals surface area contributed by atoms with Crippen LogP contribution in [0.5, 0.6) is 11.5 Å². The summed E-state index contributed by atoms with van der Waals surface area (Å²) in [5.41, 5.74) is 0.951. The topological polar surface area (TPSA) is 38.7 Å². The van der Waals surface area contributed by atoms with Crippen LogP contribution in [0.2, 0.25) is 0 Å². The molecule has 3 rings (SSSR count). The van der Waals surface area contributed by atoms with E-state index in [1.165, 1.54) is 6.07 Å². The van der Waals surface area contributed by atoms with Gasteiger partial charge in [-0.05, 0) is 61.9 Å². The molecule has 0 aliphatic heterocycles. The fourth-order valence-corrected chi connectivity index (χ4v) is 3.82. The number of hydrogen-bond donors (Lipinski definition) is 1. The zero-order valence-electron chi connectivity index (χ0n) is 16.8. The number of rotatable bonds is 7. The minimum atomic E-state index is -4.38. The first-order valence-electron chi connectivity index (χ1n) is 10.0. The Morgan fingerprint density at radius 3 is 2.41 bits per heavy atom. The van der Waals surface area contributed by atoms with Gasteiger partial charge in [0.05, 0.1) is 18.3 Å². The van der Waals surface area contributed by atoms with Gasteiger partial charge in [0.25, 0.3) is 0 Å². The number of aliphatic hydroxyl groups is 1. The molecule has 2 aromatic carbocycles. The molecule has 0 aromatic heterocycles. The monoisotopic (exact) mass is 408 g/mol. The van der Waals surface area contributed by atoms with E-state index < -0.39 is 11.7 Å². The zero-order chi connectivity index (χ0) is 21.0. The van der Waals surface area contributed by atoms with Crippen LogP contribution >= 0.6 is 0 Å². The molecule has 0 saturated heterocycles. The van der Waals surface area contributed by atoms with Crippen molar-refractivity contribution in [2.24, 2.45) is 0 Å². The first-order chi connectivity index (χ1) is 13.8. The second-order valence-corrected chi connectivity index (χ2v) is 7.78. The molecule has 6 heteroatoms. The van der Waals surface area contributed by atoms with Crippen molar-refractivity contribution in [2.75, 3.05) is 0 Å². The van der Waals surface area contributed by atoms with Crippen LogP contribution in [0.4, 0.5) is 13.2 Å². The maximum Gasteiger partial charge on any atom is 0.416 e.